The van der Waals surface area contributed by atoms with Crippen LogP contribution in [-0.4, -0.2) is 0 Å². The average Bonchev–Trinajstić information content (AvgIpc) is 1.77. The molecule has 0 bridgehead atoms. The van der Waals surface area contributed by atoms with E-state index in [0.29, 0.717) is 0 Å². The first kappa shape index (κ1) is 9.86. The fraction of sp³-hybridized carbons (Fsp3) is 0. The SMILES string of the molecule is Clc1cccc[c]1[Zn].I. The summed E-state index contributed by atoms with van der Waals surface area (Å²) in [5.41, 5.74) is 0. The van der Waals surface area contributed by atoms with E-state index in [9.17, 15) is 0 Å². The predicted octanol–water partition coefficient (Wildman–Crippen LogP) is 2.13. The molecule has 0 atom stereocenters. The number of benzene rings is 1. The Morgan fingerprint density at radius 3 is 2.11 bits per heavy atom. The van der Waals surface area contributed by atoms with Crippen LogP contribution in [0.4, 0.5) is 0 Å². The van der Waals surface area contributed by atoms with Gasteiger partial charge in [0, 0.05) is 0 Å². The Kier molecular flexibility index (Phi) is 5.09. The van der Waals surface area contributed by atoms with Crippen molar-refractivity contribution in [1.29, 1.82) is 0 Å². The third-order valence-electron chi connectivity index (χ3n) is 0.958. The number of hydrogen-bond acceptors (Lipinski definition) is 0. The first-order valence-corrected chi connectivity index (χ1v) is 4.23. The number of halogens is 2. The topological polar surface area (TPSA) is 0 Å². The molecule has 0 unspecified atom stereocenters. The molecular weight excluding hydrogens is 300 g/mol. The molecule has 1 rings (SSSR count). The first-order valence-electron chi connectivity index (χ1n) is 2.37. The summed E-state index contributed by atoms with van der Waals surface area (Å²) in [6, 6.07) is 7.91. The van der Waals surface area contributed by atoms with Crippen molar-refractivity contribution < 1.29 is 18.3 Å². The molecule has 0 saturated carbocycles. The second kappa shape index (κ2) is 4.64. The van der Waals surface area contributed by atoms with Crippen molar-refractivity contribution in [2.24, 2.45) is 0 Å². The van der Waals surface area contributed by atoms with E-state index >= 15 is 0 Å². The molecule has 0 N–H and O–H groups in total. The Labute approximate surface area is 86.7 Å². The van der Waals surface area contributed by atoms with Crippen LogP contribution in [0.15, 0.2) is 24.3 Å². The molecule has 0 amide bonds. The van der Waals surface area contributed by atoms with Gasteiger partial charge in [-0.15, -0.1) is 24.0 Å². The van der Waals surface area contributed by atoms with Crippen LogP contribution in [-0.2, 0) is 18.3 Å². The van der Waals surface area contributed by atoms with Gasteiger partial charge in [-0.25, -0.2) is 0 Å². The number of rotatable bonds is 0. The molecule has 1 aromatic carbocycles. The molecule has 0 fully saturated rings. The second-order valence-electron chi connectivity index (χ2n) is 1.59. The molecule has 0 spiro atoms. The van der Waals surface area contributed by atoms with E-state index in [0.717, 1.165) is 23.3 Å². The fourth-order valence-corrected chi connectivity index (χ4v) is 1.17. The Balaban J connectivity index is 0.000000640. The van der Waals surface area contributed by atoms with Crippen LogP contribution >= 0.6 is 35.6 Å². The molecule has 1 aromatic rings. The van der Waals surface area contributed by atoms with E-state index in [1.165, 1.54) is 4.16 Å². The van der Waals surface area contributed by atoms with Crippen LogP contribution in [0.1, 0.15) is 0 Å². The first-order chi connectivity index (χ1) is 3.80. The van der Waals surface area contributed by atoms with E-state index in [-0.39, 0.29) is 24.0 Å². The zero-order chi connectivity index (χ0) is 5.98. The van der Waals surface area contributed by atoms with Crippen molar-refractivity contribution in [1.82, 2.24) is 0 Å². The van der Waals surface area contributed by atoms with Crippen LogP contribution in [0, 0.1) is 0 Å². The maximum Gasteiger partial charge on any atom is -0.107 e. The van der Waals surface area contributed by atoms with Gasteiger partial charge in [0.05, 0.1) is 0 Å². The zero-order valence-electron chi connectivity index (χ0n) is 4.80. The quantitative estimate of drug-likeness (QED) is 0.509. The summed E-state index contributed by atoms with van der Waals surface area (Å²) in [5, 5.41) is 0.896. The molecule has 3 heteroatoms. The van der Waals surface area contributed by atoms with Gasteiger partial charge in [0.2, 0.25) is 0 Å². The summed E-state index contributed by atoms with van der Waals surface area (Å²) in [6.07, 6.45) is 0. The molecule has 0 aliphatic carbocycles. The minimum atomic E-state index is 0. The van der Waals surface area contributed by atoms with Gasteiger partial charge in [-0.2, -0.15) is 0 Å². The van der Waals surface area contributed by atoms with Crippen LogP contribution in [0.25, 0.3) is 0 Å². The van der Waals surface area contributed by atoms with Crippen molar-refractivity contribution in [3.05, 3.63) is 29.3 Å². The van der Waals surface area contributed by atoms with Gasteiger partial charge < -0.3 is 0 Å². The summed E-state index contributed by atoms with van der Waals surface area (Å²) in [5.74, 6) is 0. The van der Waals surface area contributed by atoms with E-state index in [1.807, 2.05) is 24.3 Å². The molecule has 0 radical (unpaired) electrons. The van der Waals surface area contributed by atoms with Crippen molar-refractivity contribution in [3.8, 4) is 0 Å². The van der Waals surface area contributed by atoms with Crippen molar-refractivity contribution >= 4 is 39.7 Å². The Morgan fingerprint density at radius 1 is 1.22 bits per heavy atom. The van der Waals surface area contributed by atoms with Gasteiger partial charge in [-0.05, 0) is 0 Å². The Bertz CT molecular complexity index is 169. The second-order valence-corrected chi connectivity index (χ2v) is 3.60. The van der Waals surface area contributed by atoms with Gasteiger partial charge in [0.1, 0.15) is 0 Å². The van der Waals surface area contributed by atoms with Crippen LogP contribution in [0.5, 0.6) is 0 Å². The van der Waals surface area contributed by atoms with E-state index in [4.69, 9.17) is 11.6 Å². The largest absolute Gasteiger partial charge is 0.107 e. The van der Waals surface area contributed by atoms with Gasteiger partial charge in [0.25, 0.3) is 0 Å². The van der Waals surface area contributed by atoms with Gasteiger partial charge in [-0.1, -0.05) is 0 Å². The van der Waals surface area contributed by atoms with Gasteiger partial charge in [0.15, 0.2) is 0 Å². The molecule has 45 valence electrons. The molecule has 0 aromatic heterocycles. The van der Waals surface area contributed by atoms with E-state index in [1.54, 1.807) is 0 Å². The third kappa shape index (κ3) is 2.97. The normalized spacial score (nSPS) is 8.33. The van der Waals surface area contributed by atoms with Crippen molar-refractivity contribution in [2.45, 2.75) is 0 Å². The molecule has 0 nitrogen and oxygen atoms in total. The molecule has 0 saturated heterocycles. The summed E-state index contributed by atoms with van der Waals surface area (Å²) in [7, 11) is 0. The van der Waals surface area contributed by atoms with Crippen LogP contribution < -0.4 is 4.16 Å². The maximum absolute atomic E-state index is 5.74. The molecular formula is C6H5ClIZn. The van der Waals surface area contributed by atoms with Crippen molar-refractivity contribution in [2.75, 3.05) is 0 Å². The number of hydrogen-bond donors (Lipinski definition) is 0. The molecule has 0 heterocycles. The molecule has 0 aliphatic rings. The third-order valence-corrected chi connectivity index (χ3v) is 3.09. The summed E-state index contributed by atoms with van der Waals surface area (Å²) < 4.78 is 1.26. The summed E-state index contributed by atoms with van der Waals surface area (Å²) in [4.78, 5) is 0. The minimum Gasteiger partial charge on any atom is -0.107 e. The van der Waals surface area contributed by atoms with E-state index in [2.05, 4.69) is 0 Å². The molecule has 9 heavy (non-hydrogen) atoms. The fourth-order valence-electron chi connectivity index (χ4n) is 0.498. The zero-order valence-corrected chi connectivity index (χ0v) is 10.9. The van der Waals surface area contributed by atoms with Crippen molar-refractivity contribution in [3.63, 3.8) is 0 Å². The summed E-state index contributed by atoms with van der Waals surface area (Å²) >= 11 is 6.88. The van der Waals surface area contributed by atoms with E-state index < -0.39 is 0 Å². The summed E-state index contributed by atoms with van der Waals surface area (Å²) in [6.45, 7) is 0. The maximum atomic E-state index is 5.74. The van der Waals surface area contributed by atoms with Gasteiger partial charge in [-0.3, -0.25) is 0 Å². The smallest absolute Gasteiger partial charge is 0.107 e. The minimum absolute atomic E-state index is 0. The van der Waals surface area contributed by atoms with Gasteiger partial charge >= 0.3 is 63.3 Å². The van der Waals surface area contributed by atoms with Crippen LogP contribution in [0.3, 0.4) is 0 Å². The average molecular weight is 305 g/mol. The Hall–Kier alpha value is 0.863. The Morgan fingerprint density at radius 2 is 1.78 bits per heavy atom. The predicted molar refractivity (Wildman–Crippen MR) is 46.5 cm³/mol. The standard InChI is InChI=1S/C6H4Cl.HI.Zn/c7-6-4-2-1-3-5-6;;/h1-4H;1H;. The van der Waals surface area contributed by atoms with Crippen LogP contribution in [0.2, 0.25) is 5.02 Å². The molecule has 0 aliphatic heterocycles. The monoisotopic (exact) mass is 303 g/mol.